The van der Waals surface area contributed by atoms with Gasteiger partial charge in [-0.3, -0.25) is 4.79 Å². The molecular formula is C16H20N2O2. The number of carbonyl (C=O) groups excluding carboxylic acids is 1. The molecule has 1 aromatic carbocycles. The molecule has 0 saturated heterocycles. The Balaban J connectivity index is 1.43. The van der Waals surface area contributed by atoms with Crippen molar-refractivity contribution in [3.8, 4) is 5.75 Å². The number of fused-ring (bicyclic) bond motifs is 1. The van der Waals surface area contributed by atoms with Crippen molar-refractivity contribution in [1.29, 1.82) is 0 Å². The van der Waals surface area contributed by atoms with E-state index in [0.29, 0.717) is 6.04 Å². The highest BCUT2D eigenvalue weighted by atomic mass is 16.5. The summed E-state index contributed by atoms with van der Waals surface area (Å²) in [4.78, 5) is 11.3. The van der Waals surface area contributed by atoms with E-state index in [1.54, 1.807) is 0 Å². The van der Waals surface area contributed by atoms with E-state index in [1.807, 2.05) is 12.1 Å². The summed E-state index contributed by atoms with van der Waals surface area (Å²) in [7, 11) is 0. The van der Waals surface area contributed by atoms with Crippen molar-refractivity contribution < 1.29 is 9.53 Å². The van der Waals surface area contributed by atoms with Crippen LogP contribution in [0.15, 0.2) is 18.2 Å². The molecule has 0 aromatic heterocycles. The summed E-state index contributed by atoms with van der Waals surface area (Å²) in [5, 5.41) is 6.59. The summed E-state index contributed by atoms with van der Waals surface area (Å²) >= 11 is 0. The summed E-state index contributed by atoms with van der Waals surface area (Å²) in [6.45, 7) is 0.997. The highest BCUT2D eigenvalue weighted by Crippen LogP contribution is 2.44. The smallest absolute Gasteiger partial charge is 0.262 e. The number of nitrogens with one attached hydrogen (secondary N) is 2. The molecule has 1 aromatic rings. The van der Waals surface area contributed by atoms with Crippen molar-refractivity contribution >= 4 is 11.6 Å². The second-order valence-electron chi connectivity index (χ2n) is 6.25. The van der Waals surface area contributed by atoms with Gasteiger partial charge in [0.1, 0.15) is 5.75 Å². The molecule has 1 aliphatic heterocycles. The lowest BCUT2D eigenvalue weighted by atomic mass is 10.1. The lowest BCUT2D eigenvalue weighted by Gasteiger charge is -2.20. The van der Waals surface area contributed by atoms with Gasteiger partial charge in [0.05, 0.1) is 5.69 Å². The van der Waals surface area contributed by atoms with Gasteiger partial charge in [-0.25, -0.2) is 0 Å². The maximum atomic E-state index is 11.3. The molecule has 4 rings (SSSR count). The number of amides is 1. The Morgan fingerprint density at radius 3 is 2.70 bits per heavy atom. The molecule has 4 heteroatoms. The first kappa shape index (κ1) is 12.2. The fourth-order valence-electron chi connectivity index (χ4n) is 3.10. The van der Waals surface area contributed by atoms with Gasteiger partial charge in [-0.05, 0) is 55.2 Å². The molecule has 0 radical (unpaired) electrons. The molecule has 2 saturated carbocycles. The highest BCUT2D eigenvalue weighted by molar-refractivity contribution is 5.95. The number of benzene rings is 1. The van der Waals surface area contributed by atoms with E-state index in [9.17, 15) is 4.79 Å². The third-order valence-corrected chi connectivity index (χ3v) is 4.48. The van der Waals surface area contributed by atoms with Crippen LogP contribution in [0.1, 0.15) is 31.2 Å². The van der Waals surface area contributed by atoms with Crippen LogP contribution < -0.4 is 15.4 Å². The standard InChI is InChI=1S/C16H20N2O2/c19-15-9-20-14-6-1-10(7-13(14)18-15)8-17-16(11-2-3-11)12-4-5-12/h1,6-7,11-12,16-17H,2-5,8-9H2,(H,18,19). The lowest BCUT2D eigenvalue weighted by molar-refractivity contribution is -0.118. The molecule has 0 spiro atoms. The number of hydrogen-bond donors (Lipinski definition) is 2. The van der Waals surface area contributed by atoms with Crippen molar-refractivity contribution in [2.24, 2.45) is 11.8 Å². The van der Waals surface area contributed by atoms with Crippen LogP contribution in [-0.4, -0.2) is 18.6 Å². The van der Waals surface area contributed by atoms with Crippen molar-refractivity contribution in [3.05, 3.63) is 23.8 Å². The van der Waals surface area contributed by atoms with Crippen LogP contribution in [0.25, 0.3) is 0 Å². The minimum Gasteiger partial charge on any atom is -0.482 e. The number of hydrogen-bond acceptors (Lipinski definition) is 3. The number of rotatable bonds is 5. The molecule has 2 aliphatic carbocycles. The molecular weight excluding hydrogens is 252 g/mol. The summed E-state index contributed by atoms with van der Waals surface area (Å²) in [6, 6.07) is 6.77. The Hall–Kier alpha value is -1.55. The van der Waals surface area contributed by atoms with E-state index in [1.165, 1.54) is 31.2 Å². The Bertz CT molecular complexity index is 523. The normalized spacial score (nSPS) is 21.4. The van der Waals surface area contributed by atoms with Crippen LogP contribution in [0.4, 0.5) is 5.69 Å². The molecule has 1 heterocycles. The van der Waals surface area contributed by atoms with Crippen LogP contribution >= 0.6 is 0 Å². The first-order chi connectivity index (χ1) is 9.79. The molecule has 0 bridgehead atoms. The first-order valence-electron chi connectivity index (χ1n) is 7.58. The fraction of sp³-hybridized carbons (Fsp3) is 0.562. The van der Waals surface area contributed by atoms with Crippen LogP contribution in [0.2, 0.25) is 0 Å². The van der Waals surface area contributed by atoms with Gasteiger partial charge in [-0.2, -0.15) is 0 Å². The zero-order valence-electron chi connectivity index (χ0n) is 11.5. The van der Waals surface area contributed by atoms with E-state index in [-0.39, 0.29) is 12.5 Å². The minimum absolute atomic E-state index is 0.0727. The van der Waals surface area contributed by atoms with Crippen molar-refractivity contribution in [2.75, 3.05) is 11.9 Å². The van der Waals surface area contributed by atoms with Gasteiger partial charge < -0.3 is 15.4 Å². The third-order valence-electron chi connectivity index (χ3n) is 4.48. The molecule has 106 valence electrons. The number of anilines is 1. The van der Waals surface area contributed by atoms with Crippen LogP contribution in [0.3, 0.4) is 0 Å². The van der Waals surface area contributed by atoms with E-state index < -0.39 is 0 Å². The minimum atomic E-state index is -0.0727. The molecule has 1 amide bonds. The lowest BCUT2D eigenvalue weighted by Crippen LogP contribution is -2.32. The van der Waals surface area contributed by atoms with Gasteiger partial charge in [0.2, 0.25) is 0 Å². The number of carbonyl (C=O) groups is 1. The van der Waals surface area contributed by atoms with E-state index in [4.69, 9.17) is 4.74 Å². The van der Waals surface area contributed by atoms with Gasteiger partial charge in [0.15, 0.2) is 6.61 Å². The second-order valence-corrected chi connectivity index (χ2v) is 6.25. The van der Waals surface area contributed by atoms with Gasteiger partial charge in [0, 0.05) is 12.6 Å². The Kier molecular flexibility index (Phi) is 2.91. The third kappa shape index (κ3) is 2.52. The zero-order chi connectivity index (χ0) is 13.5. The quantitative estimate of drug-likeness (QED) is 0.864. The Labute approximate surface area is 118 Å². The Morgan fingerprint density at radius 1 is 1.25 bits per heavy atom. The van der Waals surface area contributed by atoms with Crippen molar-refractivity contribution in [3.63, 3.8) is 0 Å². The van der Waals surface area contributed by atoms with E-state index in [0.717, 1.165) is 29.8 Å². The highest BCUT2D eigenvalue weighted by Gasteiger charge is 2.40. The monoisotopic (exact) mass is 272 g/mol. The second kappa shape index (κ2) is 4.77. The molecule has 2 N–H and O–H groups in total. The molecule has 4 nitrogen and oxygen atoms in total. The average molecular weight is 272 g/mol. The van der Waals surface area contributed by atoms with Gasteiger partial charge in [0.25, 0.3) is 5.91 Å². The summed E-state index contributed by atoms with van der Waals surface area (Å²) in [6.07, 6.45) is 5.56. The Morgan fingerprint density at radius 2 is 2.00 bits per heavy atom. The SMILES string of the molecule is O=C1COc2ccc(CNC(C3CC3)C3CC3)cc2N1. The summed E-state index contributed by atoms with van der Waals surface area (Å²) in [5.74, 6) is 2.51. The number of ether oxygens (including phenoxy) is 1. The van der Waals surface area contributed by atoms with Gasteiger partial charge in [-0.15, -0.1) is 0 Å². The zero-order valence-corrected chi connectivity index (χ0v) is 11.5. The summed E-state index contributed by atoms with van der Waals surface area (Å²) < 4.78 is 5.38. The maximum Gasteiger partial charge on any atom is 0.262 e. The van der Waals surface area contributed by atoms with Gasteiger partial charge in [-0.1, -0.05) is 6.07 Å². The predicted octanol–water partition coefficient (Wildman–Crippen LogP) is 2.30. The maximum absolute atomic E-state index is 11.3. The fourth-order valence-corrected chi connectivity index (χ4v) is 3.10. The molecule has 3 aliphatic rings. The predicted molar refractivity (Wildman–Crippen MR) is 76.6 cm³/mol. The average Bonchev–Trinajstić information content (AvgIpc) is 3.32. The van der Waals surface area contributed by atoms with Crippen LogP contribution in [0, 0.1) is 11.8 Å². The topological polar surface area (TPSA) is 50.4 Å². The molecule has 0 unspecified atom stereocenters. The largest absolute Gasteiger partial charge is 0.482 e. The van der Waals surface area contributed by atoms with E-state index >= 15 is 0 Å². The first-order valence-corrected chi connectivity index (χ1v) is 7.58. The van der Waals surface area contributed by atoms with Crippen LogP contribution in [-0.2, 0) is 11.3 Å². The van der Waals surface area contributed by atoms with E-state index in [2.05, 4.69) is 16.7 Å². The van der Waals surface area contributed by atoms with Gasteiger partial charge >= 0.3 is 0 Å². The molecule has 20 heavy (non-hydrogen) atoms. The van der Waals surface area contributed by atoms with Crippen molar-refractivity contribution in [1.82, 2.24) is 5.32 Å². The summed E-state index contributed by atoms with van der Waals surface area (Å²) in [5.41, 5.74) is 2.01. The molecule has 0 atom stereocenters. The van der Waals surface area contributed by atoms with Crippen LogP contribution in [0.5, 0.6) is 5.75 Å². The van der Waals surface area contributed by atoms with Crippen molar-refractivity contribution in [2.45, 2.75) is 38.3 Å². The molecule has 2 fully saturated rings.